The van der Waals surface area contributed by atoms with Crippen LogP contribution >= 0.6 is 11.3 Å². The van der Waals surface area contributed by atoms with E-state index in [1.165, 1.54) is 35.6 Å². The third-order valence-electron chi connectivity index (χ3n) is 7.98. The molecule has 13 heteroatoms. The third kappa shape index (κ3) is 4.90. The van der Waals surface area contributed by atoms with E-state index in [0.717, 1.165) is 25.3 Å². The molecule has 3 fully saturated rings. The van der Waals surface area contributed by atoms with Crippen LogP contribution in [0.5, 0.6) is 5.75 Å². The number of hydrogen-bond donors (Lipinski definition) is 1. The number of nitrogens with zero attached hydrogens (tertiary/aromatic N) is 3. The van der Waals surface area contributed by atoms with Crippen molar-refractivity contribution in [3.05, 3.63) is 59.1 Å². The van der Waals surface area contributed by atoms with E-state index in [1.54, 1.807) is 6.07 Å². The van der Waals surface area contributed by atoms with Crippen molar-refractivity contribution in [2.24, 2.45) is 5.92 Å². The molecule has 2 aliphatic carbocycles. The molecule has 214 valence electrons. The second-order valence-electron chi connectivity index (χ2n) is 10.7. The zero-order valence-electron chi connectivity index (χ0n) is 21.4. The van der Waals surface area contributed by atoms with Gasteiger partial charge in [-0.15, -0.1) is 13.2 Å². The van der Waals surface area contributed by atoms with Crippen LogP contribution in [0.4, 0.5) is 22.7 Å². The van der Waals surface area contributed by atoms with Crippen LogP contribution in [0, 0.1) is 11.7 Å². The number of thiazole rings is 1. The fourth-order valence-corrected chi connectivity index (χ4v) is 7.07. The van der Waals surface area contributed by atoms with Gasteiger partial charge in [-0.1, -0.05) is 28.6 Å². The molecule has 0 amide bonds. The van der Waals surface area contributed by atoms with Crippen LogP contribution in [0.1, 0.15) is 53.3 Å². The van der Waals surface area contributed by atoms with Gasteiger partial charge in [-0.2, -0.15) is 0 Å². The van der Waals surface area contributed by atoms with Gasteiger partial charge in [0.1, 0.15) is 22.7 Å². The van der Waals surface area contributed by atoms with E-state index >= 15 is 0 Å². The summed E-state index contributed by atoms with van der Waals surface area (Å²) in [5.74, 6) is -1.22. The van der Waals surface area contributed by atoms with Crippen LogP contribution in [-0.2, 0) is 11.3 Å². The smallest absolute Gasteiger partial charge is 0.478 e. The molecule has 2 aromatic carbocycles. The minimum Gasteiger partial charge on any atom is -0.478 e. The topological polar surface area (TPSA) is 97.9 Å². The molecular weight excluding hydrogens is 566 g/mol. The first kappa shape index (κ1) is 26.2. The van der Waals surface area contributed by atoms with E-state index < -0.39 is 18.1 Å². The van der Waals surface area contributed by atoms with Crippen molar-refractivity contribution in [2.75, 3.05) is 11.4 Å². The monoisotopic (exact) mass is 589 g/mol. The summed E-state index contributed by atoms with van der Waals surface area (Å²) < 4.78 is 70.4. The second kappa shape index (κ2) is 9.69. The number of piperidine rings is 1. The first-order valence-electron chi connectivity index (χ1n) is 13.2. The SMILES string of the molecule is O=C(O)c1cc(F)c2nc(N3C[C@@H]4C[C@H]3CC4OCc3c(-c4ccccc4OC(F)(F)F)noc3C3CC3)sc2c1. The van der Waals surface area contributed by atoms with Gasteiger partial charge in [-0.05, 0) is 49.9 Å². The first-order chi connectivity index (χ1) is 19.6. The lowest BCUT2D eigenvalue weighted by molar-refractivity contribution is -0.274. The van der Waals surface area contributed by atoms with E-state index in [-0.39, 0.29) is 58.7 Å². The minimum atomic E-state index is -4.85. The Labute approximate surface area is 234 Å². The number of rotatable bonds is 8. The highest BCUT2D eigenvalue weighted by Gasteiger charge is 2.47. The highest BCUT2D eigenvalue weighted by atomic mass is 32.1. The Balaban J connectivity index is 1.09. The maximum absolute atomic E-state index is 14.5. The maximum atomic E-state index is 14.5. The number of halogens is 4. The lowest BCUT2D eigenvalue weighted by Gasteiger charge is -2.31. The summed E-state index contributed by atoms with van der Waals surface area (Å²) in [6, 6.07) is 8.40. The first-order valence-corrected chi connectivity index (χ1v) is 14.0. The predicted octanol–water partition coefficient (Wildman–Crippen LogP) is 6.75. The molecule has 3 aliphatic rings. The number of aromatic nitrogens is 2. The normalized spacial score (nSPS) is 22.1. The zero-order valence-corrected chi connectivity index (χ0v) is 22.2. The van der Waals surface area contributed by atoms with Gasteiger partial charge in [0.2, 0.25) is 0 Å². The number of aromatic carboxylic acids is 1. The summed E-state index contributed by atoms with van der Waals surface area (Å²) in [7, 11) is 0. The van der Waals surface area contributed by atoms with Gasteiger partial charge in [0.15, 0.2) is 10.9 Å². The van der Waals surface area contributed by atoms with E-state index in [0.29, 0.717) is 34.1 Å². The summed E-state index contributed by atoms with van der Waals surface area (Å²) >= 11 is 1.27. The van der Waals surface area contributed by atoms with Crippen molar-refractivity contribution in [3.8, 4) is 17.0 Å². The van der Waals surface area contributed by atoms with E-state index in [4.69, 9.17) is 9.26 Å². The van der Waals surface area contributed by atoms with Crippen LogP contribution < -0.4 is 9.64 Å². The number of ether oxygens (including phenoxy) is 2. The van der Waals surface area contributed by atoms with Gasteiger partial charge in [-0.25, -0.2) is 14.2 Å². The molecule has 4 aromatic rings. The number of anilines is 1. The number of benzene rings is 2. The molecule has 2 aromatic heterocycles. The number of carboxylic acids is 1. The molecule has 3 heterocycles. The van der Waals surface area contributed by atoms with Crippen LogP contribution in [-0.4, -0.2) is 46.3 Å². The summed E-state index contributed by atoms with van der Waals surface area (Å²) in [6.45, 7) is 0.792. The molecule has 0 radical (unpaired) electrons. The van der Waals surface area contributed by atoms with Gasteiger partial charge in [0.25, 0.3) is 0 Å². The Hall–Kier alpha value is -3.71. The Morgan fingerprint density at radius 2 is 2.00 bits per heavy atom. The summed E-state index contributed by atoms with van der Waals surface area (Å²) in [5.41, 5.74) is 1.16. The molecule has 41 heavy (non-hydrogen) atoms. The molecule has 1 saturated heterocycles. The van der Waals surface area contributed by atoms with Crippen LogP contribution in [0.15, 0.2) is 40.9 Å². The van der Waals surface area contributed by atoms with Crippen molar-refractivity contribution >= 4 is 32.7 Å². The number of carboxylic acid groups (broad SMARTS) is 1. The van der Waals surface area contributed by atoms with Gasteiger partial charge in [0.05, 0.1) is 23.0 Å². The molecule has 0 spiro atoms. The summed E-state index contributed by atoms with van der Waals surface area (Å²) in [4.78, 5) is 17.9. The molecule has 7 rings (SSSR count). The van der Waals surface area contributed by atoms with Gasteiger partial charge in [0, 0.05) is 35.5 Å². The lowest BCUT2D eigenvalue weighted by atomic mass is 10.0. The fourth-order valence-electron chi connectivity index (χ4n) is 5.97. The number of carbonyl (C=O) groups is 1. The Morgan fingerprint density at radius 1 is 1.20 bits per heavy atom. The molecule has 8 nitrogen and oxygen atoms in total. The largest absolute Gasteiger partial charge is 0.573 e. The molecule has 1 aliphatic heterocycles. The average Bonchev–Trinajstić information content (AvgIpc) is 3.26. The van der Waals surface area contributed by atoms with Gasteiger partial charge < -0.3 is 24.0 Å². The van der Waals surface area contributed by atoms with Gasteiger partial charge in [-0.3, -0.25) is 0 Å². The fraction of sp³-hybridized carbons (Fsp3) is 0.393. The van der Waals surface area contributed by atoms with E-state index in [1.807, 2.05) is 0 Å². The molecule has 1 N–H and O–H groups in total. The molecular formula is C28H23F4N3O5S. The van der Waals surface area contributed by atoms with Crippen molar-refractivity contribution in [1.29, 1.82) is 0 Å². The Kier molecular flexibility index (Phi) is 6.19. The summed E-state index contributed by atoms with van der Waals surface area (Å²) in [6.07, 6.45) is -1.53. The lowest BCUT2D eigenvalue weighted by Crippen LogP contribution is -2.38. The molecule has 1 unspecified atom stereocenters. The molecule has 2 bridgehead atoms. The second-order valence-corrected chi connectivity index (χ2v) is 11.7. The van der Waals surface area contributed by atoms with Gasteiger partial charge >= 0.3 is 12.3 Å². The van der Waals surface area contributed by atoms with E-state index in [2.05, 4.69) is 19.8 Å². The third-order valence-corrected chi connectivity index (χ3v) is 9.02. The number of hydrogen-bond acceptors (Lipinski definition) is 8. The molecule has 2 saturated carbocycles. The average molecular weight is 590 g/mol. The van der Waals surface area contributed by atoms with E-state index in [9.17, 15) is 27.5 Å². The highest BCUT2D eigenvalue weighted by Crippen LogP contribution is 2.48. The summed E-state index contributed by atoms with van der Waals surface area (Å²) in [5, 5.41) is 14.0. The van der Waals surface area contributed by atoms with Crippen molar-refractivity contribution < 1.29 is 41.5 Å². The standard InChI is InChI=1S/C28H23F4N3O5S/c29-19-8-14(26(36)37)9-22-24(19)33-27(41-22)35-11-15-7-16(35)10-21(15)38-12-18-23(34-40-25(18)13-5-6-13)17-3-1-2-4-20(17)39-28(30,31)32/h1-4,8-9,13,15-16,21H,5-7,10-12H2,(H,36,37)/t15-,16-,21?/m0/s1. The maximum Gasteiger partial charge on any atom is 0.573 e. The van der Waals surface area contributed by atoms with Crippen molar-refractivity contribution in [1.82, 2.24) is 10.1 Å². The minimum absolute atomic E-state index is 0.0857. The number of para-hydroxylation sites is 1. The number of alkyl halides is 3. The zero-order chi connectivity index (χ0) is 28.5. The highest BCUT2D eigenvalue weighted by molar-refractivity contribution is 7.22. The predicted molar refractivity (Wildman–Crippen MR) is 140 cm³/mol. The van der Waals surface area contributed by atoms with Crippen LogP contribution in [0.25, 0.3) is 21.5 Å². The van der Waals surface area contributed by atoms with Crippen molar-refractivity contribution in [2.45, 2.75) is 56.7 Å². The Bertz CT molecular complexity index is 1650. The molecule has 3 atom stereocenters. The quantitative estimate of drug-likeness (QED) is 0.226. The van der Waals surface area contributed by atoms with Crippen LogP contribution in [0.3, 0.4) is 0 Å². The Morgan fingerprint density at radius 3 is 2.71 bits per heavy atom. The number of fused-ring (bicyclic) bond motifs is 3. The van der Waals surface area contributed by atoms with Crippen molar-refractivity contribution in [3.63, 3.8) is 0 Å². The van der Waals surface area contributed by atoms with Crippen LogP contribution in [0.2, 0.25) is 0 Å².